The van der Waals surface area contributed by atoms with Crippen molar-refractivity contribution >= 4 is 23.3 Å². The zero-order valence-corrected chi connectivity index (χ0v) is 16.3. The summed E-state index contributed by atoms with van der Waals surface area (Å²) in [7, 11) is 0. The van der Waals surface area contributed by atoms with E-state index < -0.39 is 0 Å². The van der Waals surface area contributed by atoms with Crippen LogP contribution in [0.4, 0.5) is 0 Å². The fourth-order valence-electron chi connectivity index (χ4n) is 2.37. The Morgan fingerprint density at radius 2 is 1.88 bits per heavy atom. The molecule has 1 aromatic rings. The molecular weight excluding hydrogens is 338 g/mol. The van der Waals surface area contributed by atoms with Crippen LogP contribution >= 0.6 is 11.6 Å². The van der Waals surface area contributed by atoms with E-state index >= 15 is 0 Å². The van der Waals surface area contributed by atoms with Gasteiger partial charge in [-0.05, 0) is 37.7 Å². The third-order valence-electron chi connectivity index (χ3n) is 3.93. The van der Waals surface area contributed by atoms with Gasteiger partial charge < -0.3 is 9.57 Å². The molecule has 0 saturated heterocycles. The van der Waals surface area contributed by atoms with E-state index in [1.54, 1.807) is 0 Å². The van der Waals surface area contributed by atoms with E-state index in [1.807, 2.05) is 32.0 Å². The quantitative estimate of drug-likeness (QED) is 0.172. The zero-order chi connectivity index (χ0) is 18.5. The summed E-state index contributed by atoms with van der Waals surface area (Å²) in [5, 5.41) is 4.36. The van der Waals surface area contributed by atoms with Crippen LogP contribution in [0.5, 0.6) is 0 Å². The molecule has 0 radical (unpaired) electrons. The van der Waals surface area contributed by atoms with E-state index in [0.29, 0.717) is 19.1 Å². The molecule has 0 heterocycles. The number of aryl methyl sites for hydroxylation is 1. The van der Waals surface area contributed by atoms with Crippen molar-refractivity contribution < 1.29 is 14.4 Å². The number of hydrogen-bond donors (Lipinski definition) is 0. The highest BCUT2D eigenvalue weighted by Gasteiger charge is 2.27. The van der Waals surface area contributed by atoms with E-state index in [4.69, 9.17) is 21.2 Å². The van der Waals surface area contributed by atoms with Gasteiger partial charge in [-0.25, -0.2) is 0 Å². The number of carbonyl (C=O) groups excluding carboxylic acids is 1. The predicted molar refractivity (Wildman–Crippen MR) is 103 cm³/mol. The fourth-order valence-corrected chi connectivity index (χ4v) is 2.56. The zero-order valence-electron chi connectivity index (χ0n) is 15.6. The van der Waals surface area contributed by atoms with Crippen LogP contribution in [-0.2, 0) is 20.8 Å². The molecule has 0 N–H and O–H groups in total. The minimum Gasteiger partial charge on any atom is -0.465 e. The van der Waals surface area contributed by atoms with Gasteiger partial charge in [0.05, 0.1) is 5.71 Å². The fraction of sp³-hybridized carbons (Fsp3) is 0.600. The number of hydrogen-bond acceptors (Lipinski definition) is 4. The minimum absolute atomic E-state index is 0.281. The lowest BCUT2D eigenvalue weighted by atomic mass is 9.85. The van der Waals surface area contributed by atoms with Gasteiger partial charge in [0.2, 0.25) is 0 Å². The highest BCUT2D eigenvalue weighted by Crippen LogP contribution is 2.23. The Morgan fingerprint density at radius 1 is 1.16 bits per heavy atom. The van der Waals surface area contributed by atoms with E-state index in [1.165, 1.54) is 12.5 Å². The number of esters is 1. The molecular formula is C20H30ClNO3. The maximum absolute atomic E-state index is 11.1. The second-order valence-electron chi connectivity index (χ2n) is 6.77. The van der Waals surface area contributed by atoms with Crippen LogP contribution in [0.1, 0.15) is 52.0 Å². The highest BCUT2D eigenvalue weighted by molar-refractivity contribution is 6.17. The van der Waals surface area contributed by atoms with Crippen LogP contribution in [0.25, 0.3) is 0 Å². The molecule has 1 aromatic carbocycles. The molecule has 0 spiro atoms. The Balaban J connectivity index is 2.52. The first kappa shape index (κ1) is 21.5. The standard InChI is InChI=1S/C20H30ClNO3/c1-17(23)24-16-20(2,3)19(13-7-8-14-21)22-25-15-9-12-18-10-5-4-6-11-18/h4-6,10-11H,7-9,12-16H2,1-3H3/b22-19+. The van der Waals surface area contributed by atoms with Crippen molar-refractivity contribution in [2.75, 3.05) is 19.1 Å². The summed E-state index contributed by atoms with van der Waals surface area (Å²) in [5.41, 5.74) is 1.86. The lowest BCUT2D eigenvalue weighted by molar-refractivity contribution is -0.142. The first-order valence-electron chi connectivity index (χ1n) is 8.88. The molecule has 0 fully saturated rings. The molecule has 0 saturated carbocycles. The Kier molecular flexibility index (Phi) is 10.2. The second-order valence-corrected chi connectivity index (χ2v) is 7.15. The Hall–Kier alpha value is -1.55. The number of oxime groups is 1. The van der Waals surface area contributed by atoms with Crippen LogP contribution in [0.2, 0.25) is 0 Å². The van der Waals surface area contributed by atoms with Gasteiger partial charge in [-0.3, -0.25) is 4.79 Å². The molecule has 4 nitrogen and oxygen atoms in total. The number of carbonyl (C=O) groups is 1. The Bertz CT molecular complexity index is 529. The van der Waals surface area contributed by atoms with Crippen molar-refractivity contribution in [2.24, 2.45) is 10.6 Å². The molecule has 1 rings (SSSR count). The van der Waals surface area contributed by atoms with Gasteiger partial charge in [-0.1, -0.05) is 49.3 Å². The van der Waals surface area contributed by atoms with Crippen molar-refractivity contribution in [1.82, 2.24) is 0 Å². The molecule has 0 aromatic heterocycles. The minimum atomic E-state index is -0.350. The molecule has 0 bridgehead atoms. The van der Waals surface area contributed by atoms with Crippen molar-refractivity contribution in [3.8, 4) is 0 Å². The average molecular weight is 368 g/mol. The lowest BCUT2D eigenvalue weighted by Gasteiger charge is -2.25. The smallest absolute Gasteiger partial charge is 0.302 e. The third-order valence-corrected chi connectivity index (χ3v) is 4.20. The normalized spacial score (nSPS) is 12.1. The average Bonchev–Trinajstić information content (AvgIpc) is 2.59. The molecule has 140 valence electrons. The van der Waals surface area contributed by atoms with Gasteiger partial charge >= 0.3 is 5.97 Å². The van der Waals surface area contributed by atoms with Crippen LogP contribution in [-0.4, -0.2) is 30.8 Å². The predicted octanol–water partition coefficient (Wildman–Crippen LogP) is 4.99. The largest absolute Gasteiger partial charge is 0.465 e. The van der Waals surface area contributed by atoms with Crippen molar-refractivity contribution in [1.29, 1.82) is 0 Å². The number of unbranched alkanes of at least 4 members (excludes halogenated alkanes) is 1. The SMILES string of the molecule is CC(=O)OCC(C)(C)/C(CCCCCl)=N/OCCCc1ccccc1. The molecule has 0 atom stereocenters. The molecule has 0 amide bonds. The van der Waals surface area contributed by atoms with Crippen molar-refractivity contribution in [3.63, 3.8) is 0 Å². The summed E-state index contributed by atoms with van der Waals surface area (Å²) in [5.74, 6) is 0.354. The number of ether oxygens (including phenoxy) is 1. The van der Waals surface area contributed by atoms with E-state index in [2.05, 4.69) is 17.3 Å². The van der Waals surface area contributed by atoms with E-state index in [0.717, 1.165) is 37.8 Å². The molecule has 0 aliphatic rings. The summed E-state index contributed by atoms with van der Waals surface area (Å²) in [6, 6.07) is 10.3. The first-order chi connectivity index (χ1) is 12.0. The van der Waals surface area contributed by atoms with Gasteiger partial charge in [0, 0.05) is 18.2 Å². The van der Waals surface area contributed by atoms with Crippen LogP contribution in [0.3, 0.4) is 0 Å². The summed E-state index contributed by atoms with van der Waals surface area (Å²) < 4.78 is 5.18. The first-order valence-corrected chi connectivity index (χ1v) is 9.41. The molecule has 25 heavy (non-hydrogen) atoms. The van der Waals surface area contributed by atoms with Gasteiger partial charge in [0.1, 0.15) is 13.2 Å². The number of alkyl halides is 1. The Labute approximate surface area is 156 Å². The Morgan fingerprint density at radius 3 is 2.52 bits per heavy atom. The summed E-state index contributed by atoms with van der Waals surface area (Å²) in [4.78, 5) is 16.7. The van der Waals surface area contributed by atoms with E-state index in [-0.39, 0.29) is 11.4 Å². The van der Waals surface area contributed by atoms with Crippen molar-refractivity contribution in [2.45, 2.75) is 52.9 Å². The van der Waals surface area contributed by atoms with Crippen LogP contribution < -0.4 is 0 Å². The monoisotopic (exact) mass is 367 g/mol. The van der Waals surface area contributed by atoms with Crippen LogP contribution in [0.15, 0.2) is 35.5 Å². The number of nitrogens with zero attached hydrogens (tertiary/aromatic N) is 1. The third kappa shape index (κ3) is 9.49. The maximum atomic E-state index is 11.1. The second kappa shape index (κ2) is 11.9. The van der Waals surface area contributed by atoms with Gasteiger partial charge in [-0.15, -0.1) is 11.6 Å². The summed E-state index contributed by atoms with van der Waals surface area (Å²) >= 11 is 5.77. The van der Waals surface area contributed by atoms with Gasteiger partial charge in [-0.2, -0.15) is 0 Å². The highest BCUT2D eigenvalue weighted by atomic mass is 35.5. The van der Waals surface area contributed by atoms with Gasteiger partial charge in [0.15, 0.2) is 0 Å². The topological polar surface area (TPSA) is 47.9 Å². The number of benzene rings is 1. The number of rotatable bonds is 12. The summed E-state index contributed by atoms with van der Waals surface area (Å²) in [6.07, 6.45) is 4.54. The lowest BCUT2D eigenvalue weighted by Crippen LogP contribution is -2.31. The van der Waals surface area contributed by atoms with E-state index in [9.17, 15) is 4.79 Å². The molecule has 0 aliphatic carbocycles. The summed E-state index contributed by atoms with van der Waals surface area (Å²) in [6.45, 7) is 6.32. The van der Waals surface area contributed by atoms with Crippen molar-refractivity contribution in [3.05, 3.63) is 35.9 Å². The van der Waals surface area contributed by atoms with Gasteiger partial charge in [0.25, 0.3) is 0 Å². The number of halogens is 1. The molecule has 0 aliphatic heterocycles. The van der Waals surface area contributed by atoms with Crippen LogP contribution in [0, 0.1) is 5.41 Å². The molecule has 0 unspecified atom stereocenters. The maximum Gasteiger partial charge on any atom is 0.302 e. The molecule has 5 heteroatoms.